The van der Waals surface area contributed by atoms with Crippen molar-refractivity contribution in [1.82, 2.24) is 5.32 Å². The summed E-state index contributed by atoms with van der Waals surface area (Å²) in [4.78, 5) is 22.4. The van der Waals surface area contributed by atoms with E-state index in [0.29, 0.717) is 6.54 Å². The predicted octanol–water partition coefficient (Wildman–Crippen LogP) is 1.77. The third kappa shape index (κ3) is 3.58. The van der Waals surface area contributed by atoms with Gasteiger partial charge >= 0.3 is 5.97 Å². The van der Waals surface area contributed by atoms with E-state index in [1.807, 2.05) is 30.3 Å². The zero-order valence-electron chi connectivity index (χ0n) is 10.1. The summed E-state index contributed by atoms with van der Waals surface area (Å²) in [5, 5.41) is 11.8. The van der Waals surface area contributed by atoms with Gasteiger partial charge in [0, 0.05) is 18.4 Å². The van der Waals surface area contributed by atoms with E-state index < -0.39 is 5.97 Å². The first kappa shape index (κ1) is 12.6. The lowest BCUT2D eigenvalue weighted by Gasteiger charge is -2.16. The summed E-state index contributed by atoms with van der Waals surface area (Å²) in [6.07, 6.45) is 1.95. The van der Waals surface area contributed by atoms with E-state index in [9.17, 15) is 9.59 Å². The topological polar surface area (TPSA) is 66.4 Å². The number of hydrogen-bond acceptors (Lipinski definition) is 2. The fourth-order valence-electron chi connectivity index (χ4n) is 1.96. The van der Waals surface area contributed by atoms with Gasteiger partial charge in [0.2, 0.25) is 5.91 Å². The summed E-state index contributed by atoms with van der Waals surface area (Å²) in [6.45, 7) is 0.394. The normalized spacial score (nSPS) is 16.0. The Balaban J connectivity index is 1.96. The molecule has 2 rings (SSSR count). The summed E-state index contributed by atoms with van der Waals surface area (Å²) >= 11 is 0. The molecule has 1 atom stereocenters. The molecule has 1 aliphatic carbocycles. The van der Waals surface area contributed by atoms with Gasteiger partial charge in [-0.15, -0.1) is 0 Å². The van der Waals surface area contributed by atoms with Crippen LogP contribution in [0.2, 0.25) is 0 Å². The van der Waals surface area contributed by atoms with Gasteiger partial charge in [0.25, 0.3) is 0 Å². The molecule has 1 fully saturated rings. The molecule has 1 aromatic carbocycles. The molecular weight excluding hydrogens is 230 g/mol. The van der Waals surface area contributed by atoms with Gasteiger partial charge in [-0.3, -0.25) is 9.59 Å². The number of hydrogen-bond donors (Lipinski definition) is 2. The second-order valence-electron chi connectivity index (χ2n) is 4.72. The Kier molecular flexibility index (Phi) is 3.97. The van der Waals surface area contributed by atoms with Gasteiger partial charge in [-0.1, -0.05) is 30.3 Å². The van der Waals surface area contributed by atoms with Crippen molar-refractivity contribution in [3.05, 3.63) is 35.9 Å². The molecular formula is C14H17NO3. The molecule has 1 aliphatic rings. The van der Waals surface area contributed by atoms with Crippen molar-refractivity contribution in [2.24, 2.45) is 5.92 Å². The lowest BCUT2D eigenvalue weighted by Crippen LogP contribution is -2.30. The third-order valence-corrected chi connectivity index (χ3v) is 3.16. The molecule has 0 radical (unpaired) electrons. The van der Waals surface area contributed by atoms with Gasteiger partial charge in [-0.2, -0.15) is 0 Å². The number of carboxylic acids is 1. The zero-order valence-corrected chi connectivity index (χ0v) is 10.1. The summed E-state index contributed by atoms with van der Waals surface area (Å²) in [5.74, 6) is -0.788. The number of rotatable bonds is 6. The second kappa shape index (κ2) is 5.67. The first-order valence-electron chi connectivity index (χ1n) is 6.21. The van der Waals surface area contributed by atoms with Gasteiger partial charge in [-0.05, 0) is 18.4 Å². The van der Waals surface area contributed by atoms with E-state index in [1.54, 1.807) is 0 Å². The van der Waals surface area contributed by atoms with E-state index in [-0.39, 0.29) is 24.2 Å². The van der Waals surface area contributed by atoms with Crippen LogP contribution in [0.4, 0.5) is 0 Å². The van der Waals surface area contributed by atoms with Crippen molar-refractivity contribution in [2.75, 3.05) is 6.54 Å². The Morgan fingerprint density at radius 2 is 1.94 bits per heavy atom. The summed E-state index contributed by atoms with van der Waals surface area (Å²) in [6, 6.07) is 9.46. The molecule has 1 amide bonds. The molecule has 1 saturated carbocycles. The molecule has 96 valence electrons. The van der Waals surface area contributed by atoms with Crippen LogP contribution in [0.5, 0.6) is 0 Å². The Hall–Kier alpha value is -1.84. The van der Waals surface area contributed by atoms with Crippen LogP contribution in [0.25, 0.3) is 0 Å². The molecule has 4 heteroatoms. The highest BCUT2D eigenvalue weighted by atomic mass is 16.4. The minimum Gasteiger partial charge on any atom is -0.481 e. The molecule has 18 heavy (non-hydrogen) atoms. The van der Waals surface area contributed by atoms with E-state index in [1.165, 1.54) is 0 Å². The van der Waals surface area contributed by atoms with E-state index >= 15 is 0 Å². The van der Waals surface area contributed by atoms with Crippen LogP contribution in [-0.2, 0) is 9.59 Å². The SMILES string of the molecule is O=C(O)CC(CNC(=O)C1CC1)c1ccccc1. The van der Waals surface area contributed by atoms with Crippen LogP contribution in [0.1, 0.15) is 30.7 Å². The summed E-state index contributed by atoms with van der Waals surface area (Å²) < 4.78 is 0. The Morgan fingerprint density at radius 1 is 1.28 bits per heavy atom. The molecule has 0 heterocycles. The van der Waals surface area contributed by atoms with Crippen LogP contribution in [0, 0.1) is 5.92 Å². The molecule has 1 unspecified atom stereocenters. The van der Waals surface area contributed by atoms with Gasteiger partial charge in [-0.25, -0.2) is 0 Å². The number of carbonyl (C=O) groups is 2. The van der Waals surface area contributed by atoms with Crippen LogP contribution in [0.3, 0.4) is 0 Å². The maximum atomic E-state index is 11.6. The molecule has 0 saturated heterocycles. The largest absolute Gasteiger partial charge is 0.481 e. The zero-order chi connectivity index (χ0) is 13.0. The van der Waals surface area contributed by atoms with E-state index in [2.05, 4.69) is 5.32 Å². The molecule has 0 spiro atoms. The molecule has 0 aliphatic heterocycles. The predicted molar refractivity (Wildman–Crippen MR) is 67.2 cm³/mol. The van der Waals surface area contributed by atoms with Gasteiger partial charge < -0.3 is 10.4 Å². The van der Waals surface area contributed by atoms with Crippen molar-refractivity contribution in [3.63, 3.8) is 0 Å². The van der Waals surface area contributed by atoms with Crippen molar-refractivity contribution < 1.29 is 14.7 Å². The van der Waals surface area contributed by atoms with Crippen molar-refractivity contribution in [2.45, 2.75) is 25.2 Å². The quantitative estimate of drug-likeness (QED) is 0.805. The maximum absolute atomic E-state index is 11.6. The summed E-state index contributed by atoms with van der Waals surface area (Å²) in [5.41, 5.74) is 0.955. The number of carbonyl (C=O) groups excluding carboxylic acids is 1. The van der Waals surface area contributed by atoms with Crippen LogP contribution < -0.4 is 5.32 Å². The molecule has 2 N–H and O–H groups in total. The average molecular weight is 247 g/mol. The highest BCUT2D eigenvalue weighted by Gasteiger charge is 2.30. The lowest BCUT2D eigenvalue weighted by atomic mass is 9.95. The Bertz CT molecular complexity index is 426. The molecule has 1 aromatic rings. The number of aliphatic carboxylic acids is 1. The van der Waals surface area contributed by atoms with Crippen molar-refractivity contribution in [3.8, 4) is 0 Å². The van der Waals surface area contributed by atoms with E-state index in [0.717, 1.165) is 18.4 Å². The fraction of sp³-hybridized carbons (Fsp3) is 0.429. The average Bonchev–Trinajstić information content (AvgIpc) is 3.19. The van der Waals surface area contributed by atoms with E-state index in [4.69, 9.17) is 5.11 Å². The number of amides is 1. The molecule has 0 bridgehead atoms. The Morgan fingerprint density at radius 3 is 2.50 bits per heavy atom. The van der Waals surface area contributed by atoms with Gasteiger partial charge in [0.15, 0.2) is 0 Å². The third-order valence-electron chi connectivity index (χ3n) is 3.16. The van der Waals surface area contributed by atoms with Crippen LogP contribution >= 0.6 is 0 Å². The fourth-order valence-corrected chi connectivity index (χ4v) is 1.96. The number of carboxylic acid groups (broad SMARTS) is 1. The van der Waals surface area contributed by atoms with Crippen molar-refractivity contribution in [1.29, 1.82) is 0 Å². The standard InChI is InChI=1S/C14H17NO3/c16-13(17)8-12(10-4-2-1-3-5-10)9-15-14(18)11-6-7-11/h1-5,11-12H,6-9H2,(H,15,18)(H,16,17). The monoisotopic (exact) mass is 247 g/mol. The number of nitrogens with one attached hydrogen (secondary N) is 1. The first-order chi connectivity index (χ1) is 8.66. The highest BCUT2D eigenvalue weighted by molar-refractivity contribution is 5.81. The van der Waals surface area contributed by atoms with Crippen LogP contribution in [0.15, 0.2) is 30.3 Å². The second-order valence-corrected chi connectivity index (χ2v) is 4.72. The van der Waals surface area contributed by atoms with Crippen molar-refractivity contribution >= 4 is 11.9 Å². The lowest BCUT2D eigenvalue weighted by molar-refractivity contribution is -0.137. The highest BCUT2D eigenvalue weighted by Crippen LogP contribution is 2.29. The Labute approximate surface area is 106 Å². The summed E-state index contributed by atoms with van der Waals surface area (Å²) in [7, 11) is 0. The van der Waals surface area contributed by atoms with Gasteiger partial charge in [0.1, 0.15) is 0 Å². The minimum atomic E-state index is -0.843. The van der Waals surface area contributed by atoms with Gasteiger partial charge in [0.05, 0.1) is 6.42 Å². The minimum absolute atomic E-state index is 0.0367. The molecule has 0 aromatic heterocycles. The van der Waals surface area contributed by atoms with Crippen LogP contribution in [-0.4, -0.2) is 23.5 Å². The number of benzene rings is 1. The smallest absolute Gasteiger partial charge is 0.304 e. The molecule has 4 nitrogen and oxygen atoms in total. The maximum Gasteiger partial charge on any atom is 0.304 e. The first-order valence-corrected chi connectivity index (χ1v) is 6.21.